The average molecular weight is 250 g/mol. The van der Waals surface area contributed by atoms with Gasteiger partial charge in [0.05, 0.1) is 11.7 Å². The molecule has 0 amide bonds. The summed E-state index contributed by atoms with van der Waals surface area (Å²) in [4.78, 5) is 0. The highest BCUT2D eigenvalue weighted by Gasteiger charge is 2.15. The van der Waals surface area contributed by atoms with Crippen LogP contribution in [0.2, 0.25) is 0 Å². The van der Waals surface area contributed by atoms with E-state index in [-0.39, 0.29) is 11.9 Å². The fourth-order valence-electron chi connectivity index (χ4n) is 1.98. The minimum Gasteiger partial charge on any atom is -0.490 e. The third-order valence-electron chi connectivity index (χ3n) is 2.97. The van der Waals surface area contributed by atoms with E-state index in [9.17, 15) is 0 Å². The zero-order chi connectivity index (χ0) is 12.8. The number of nitrogens with two attached hydrogens (primary N) is 1. The molecule has 98 valence electrons. The Morgan fingerprint density at radius 2 is 2.28 bits per heavy atom. The molecule has 3 N–H and O–H groups in total. The molecule has 0 bridgehead atoms. The number of amidine groups is 1. The molecule has 1 aromatic rings. The summed E-state index contributed by atoms with van der Waals surface area (Å²) in [6.07, 6.45) is 3.46. The maximum atomic E-state index is 8.71. The predicted octanol–water partition coefficient (Wildman–Crippen LogP) is 1.73. The fourth-order valence-corrected chi connectivity index (χ4v) is 1.98. The van der Waals surface area contributed by atoms with Crippen LogP contribution in [0.15, 0.2) is 29.4 Å². The van der Waals surface area contributed by atoms with Crippen molar-refractivity contribution in [3.05, 3.63) is 29.8 Å². The molecule has 1 unspecified atom stereocenters. The van der Waals surface area contributed by atoms with Gasteiger partial charge in [-0.25, -0.2) is 0 Å². The van der Waals surface area contributed by atoms with Gasteiger partial charge in [-0.15, -0.1) is 0 Å². The van der Waals surface area contributed by atoms with Gasteiger partial charge in [0.1, 0.15) is 12.4 Å². The monoisotopic (exact) mass is 250 g/mol. The fraction of sp³-hybridized carbons (Fsp3) is 0.462. The molecule has 1 heterocycles. The van der Waals surface area contributed by atoms with E-state index in [1.54, 1.807) is 12.1 Å². The summed E-state index contributed by atoms with van der Waals surface area (Å²) >= 11 is 0. The van der Waals surface area contributed by atoms with Crippen molar-refractivity contribution in [2.24, 2.45) is 10.9 Å². The molecule has 0 aliphatic carbocycles. The standard InChI is InChI=1S/C13H18N2O3/c14-13(15-16)11-6-1-2-7-12(11)18-9-10-5-3-4-8-17-10/h1-2,6-7,10,16H,3-5,8-9H2,(H2,14,15). The Labute approximate surface area is 106 Å². The van der Waals surface area contributed by atoms with Crippen molar-refractivity contribution >= 4 is 5.84 Å². The van der Waals surface area contributed by atoms with Crippen molar-refractivity contribution in [2.45, 2.75) is 25.4 Å². The van der Waals surface area contributed by atoms with Crippen LogP contribution in [0.4, 0.5) is 0 Å². The predicted molar refractivity (Wildman–Crippen MR) is 68.0 cm³/mol. The molecule has 18 heavy (non-hydrogen) atoms. The molecule has 1 fully saturated rings. The third-order valence-corrected chi connectivity index (χ3v) is 2.97. The van der Waals surface area contributed by atoms with Crippen LogP contribution < -0.4 is 10.5 Å². The van der Waals surface area contributed by atoms with E-state index in [4.69, 9.17) is 20.4 Å². The van der Waals surface area contributed by atoms with Gasteiger partial charge in [-0.3, -0.25) is 0 Å². The first kappa shape index (κ1) is 12.7. The molecule has 5 nitrogen and oxygen atoms in total. The van der Waals surface area contributed by atoms with Gasteiger partial charge in [0.25, 0.3) is 0 Å². The molecule has 0 radical (unpaired) electrons. The molecule has 1 aliphatic rings. The number of hydrogen-bond donors (Lipinski definition) is 2. The SMILES string of the molecule is N/C(=N\O)c1ccccc1OCC1CCCCO1. The van der Waals surface area contributed by atoms with E-state index in [0.29, 0.717) is 17.9 Å². The highest BCUT2D eigenvalue weighted by Crippen LogP contribution is 2.20. The Morgan fingerprint density at radius 3 is 3.00 bits per heavy atom. The minimum atomic E-state index is 0.0511. The number of nitrogens with zero attached hydrogens (tertiary/aromatic N) is 1. The Morgan fingerprint density at radius 1 is 1.44 bits per heavy atom. The lowest BCUT2D eigenvalue weighted by atomic mass is 10.1. The summed E-state index contributed by atoms with van der Waals surface area (Å²) in [6.45, 7) is 1.30. The molecule has 1 aliphatic heterocycles. The van der Waals surface area contributed by atoms with Gasteiger partial charge in [-0.1, -0.05) is 17.3 Å². The summed E-state index contributed by atoms with van der Waals surface area (Å²) < 4.78 is 11.3. The van der Waals surface area contributed by atoms with Crippen LogP contribution in [-0.4, -0.2) is 30.4 Å². The van der Waals surface area contributed by atoms with Crippen LogP contribution in [-0.2, 0) is 4.74 Å². The number of para-hydroxylation sites is 1. The third kappa shape index (κ3) is 3.13. The van der Waals surface area contributed by atoms with Gasteiger partial charge in [0, 0.05) is 6.61 Å². The normalized spacial score (nSPS) is 20.7. The average Bonchev–Trinajstić information content (AvgIpc) is 2.45. The Kier molecular flexibility index (Phi) is 4.41. The van der Waals surface area contributed by atoms with Crippen LogP contribution in [0.25, 0.3) is 0 Å². The Hall–Kier alpha value is -1.75. The molecule has 0 aromatic heterocycles. The molecule has 5 heteroatoms. The van der Waals surface area contributed by atoms with E-state index in [2.05, 4.69) is 5.16 Å². The minimum absolute atomic E-state index is 0.0511. The topological polar surface area (TPSA) is 77.1 Å². The number of oxime groups is 1. The van der Waals surface area contributed by atoms with Gasteiger partial charge >= 0.3 is 0 Å². The lowest BCUT2D eigenvalue weighted by Crippen LogP contribution is -2.26. The Balaban J connectivity index is 2.00. The quantitative estimate of drug-likeness (QED) is 0.369. The van der Waals surface area contributed by atoms with E-state index < -0.39 is 0 Å². The molecule has 0 saturated carbocycles. The van der Waals surface area contributed by atoms with E-state index in [1.807, 2.05) is 12.1 Å². The molecular formula is C13H18N2O3. The number of rotatable bonds is 4. The Bertz CT molecular complexity index is 414. The smallest absolute Gasteiger partial charge is 0.173 e. The molecule has 0 spiro atoms. The molecular weight excluding hydrogens is 232 g/mol. The largest absolute Gasteiger partial charge is 0.490 e. The summed E-state index contributed by atoms with van der Waals surface area (Å²) in [5.74, 6) is 0.664. The summed E-state index contributed by atoms with van der Waals surface area (Å²) in [5, 5.41) is 11.7. The first-order chi connectivity index (χ1) is 8.81. The van der Waals surface area contributed by atoms with Crippen LogP contribution >= 0.6 is 0 Å². The van der Waals surface area contributed by atoms with Gasteiger partial charge in [-0.05, 0) is 31.4 Å². The van der Waals surface area contributed by atoms with Gasteiger partial charge in [-0.2, -0.15) is 0 Å². The van der Waals surface area contributed by atoms with Crippen LogP contribution in [0.3, 0.4) is 0 Å². The van der Waals surface area contributed by atoms with Crippen molar-refractivity contribution in [1.82, 2.24) is 0 Å². The highest BCUT2D eigenvalue weighted by atomic mass is 16.5. The van der Waals surface area contributed by atoms with Gasteiger partial charge in [0.15, 0.2) is 5.84 Å². The van der Waals surface area contributed by atoms with Crippen molar-refractivity contribution in [1.29, 1.82) is 0 Å². The van der Waals surface area contributed by atoms with Crippen molar-refractivity contribution < 1.29 is 14.7 Å². The summed E-state index contributed by atoms with van der Waals surface area (Å²) in [7, 11) is 0. The molecule has 2 rings (SSSR count). The van der Waals surface area contributed by atoms with Crippen molar-refractivity contribution in [2.75, 3.05) is 13.2 Å². The van der Waals surface area contributed by atoms with Crippen LogP contribution in [0, 0.1) is 0 Å². The number of hydrogen-bond acceptors (Lipinski definition) is 4. The highest BCUT2D eigenvalue weighted by molar-refractivity contribution is 5.99. The van der Waals surface area contributed by atoms with E-state index >= 15 is 0 Å². The van der Waals surface area contributed by atoms with Crippen LogP contribution in [0.1, 0.15) is 24.8 Å². The molecule has 1 saturated heterocycles. The van der Waals surface area contributed by atoms with Gasteiger partial charge < -0.3 is 20.4 Å². The lowest BCUT2D eigenvalue weighted by molar-refractivity contribution is -0.0111. The van der Waals surface area contributed by atoms with Crippen molar-refractivity contribution in [3.8, 4) is 5.75 Å². The lowest BCUT2D eigenvalue weighted by Gasteiger charge is -2.23. The van der Waals surface area contributed by atoms with E-state index in [1.165, 1.54) is 6.42 Å². The second kappa shape index (κ2) is 6.26. The second-order valence-corrected chi connectivity index (χ2v) is 4.28. The second-order valence-electron chi connectivity index (χ2n) is 4.28. The summed E-state index contributed by atoms with van der Waals surface area (Å²) in [6, 6.07) is 7.23. The number of ether oxygens (including phenoxy) is 2. The maximum Gasteiger partial charge on any atom is 0.173 e. The molecule has 1 atom stereocenters. The zero-order valence-corrected chi connectivity index (χ0v) is 10.2. The molecule has 1 aromatic carbocycles. The van der Waals surface area contributed by atoms with E-state index in [0.717, 1.165) is 19.4 Å². The zero-order valence-electron chi connectivity index (χ0n) is 10.2. The number of benzene rings is 1. The first-order valence-electron chi connectivity index (χ1n) is 6.12. The maximum absolute atomic E-state index is 8.71. The summed E-state index contributed by atoms with van der Waals surface area (Å²) in [5.41, 5.74) is 6.19. The van der Waals surface area contributed by atoms with Crippen LogP contribution in [0.5, 0.6) is 5.75 Å². The van der Waals surface area contributed by atoms with Crippen molar-refractivity contribution in [3.63, 3.8) is 0 Å². The first-order valence-corrected chi connectivity index (χ1v) is 6.12. The van der Waals surface area contributed by atoms with Gasteiger partial charge in [0.2, 0.25) is 0 Å².